The summed E-state index contributed by atoms with van der Waals surface area (Å²) in [6, 6.07) is 4.73. The molecule has 2 heterocycles. The number of ether oxygens (including phenoxy) is 1. The first-order valence-corrected chi connectivity index (χ1v) is 7.31. The van der Waals surface area contributed by atoms with Gasteiger partial charge in [0.05, 0.1) is 24.8 Å². The molecule has 0 spiro atoms. The van der Waals surface area contributed by atoms with Gasteiger partial charge in [-0.05, 0) is 31.0 Å². The lowest BCUT2D eigenvalue weighted by Gasteiger charge is -2.16. The van der Waals surface area contributed by atoms with Crippen LogP contribution in [0.1, 0.15) is 18.1 Å². The molecule has 6 nitrogen and oxygen atoms in total. The third kappa shape index (κ3) is 3.04. The molecule has 0 bridgehead atoms. The highest BCUT2D eigenvalue weighted by Gasteiger charge is 2.19. The molecule has 7 heteroatoms. The molecule has 124 valence electrons. The molecule has 0 saturated heterocycles. The summed E-state index contributed by atoms with van der Waals surface area (Å²) in [6.45, 7) is 4.32. The maximum Gasteiger partial charge on any atom is 0.252 e. The van der Waals surface area contributed by atoms with Gasteiger partial charge in [0.2, 0.25) is 5.91 Å². The summed E-state index contributed by atoms with van der Waals surface area (Å²) in [7, 11) is 0. The van der Waals surface area contributed by atoms with Crippen LogP contribution in [0.5, 0.6) is 5.75 Å². The predicted octanol–water partition coefficient (Wildman–Crippen LogP) is 1.09. The van der Waals surface area contributed by atoms with Gasteiger partial charge in [0.1, 0.15) is 5.75 Å². The zero-order chi connectivity index (χ0) is 15.9. The molecule has 3 rings (SSSR count). The van der Waals surface area contributed by atoms with Crippen molar-refractivity contribution in [2.75, 3.05) is 6.61 Å². The van der Waals surface area contributed by atoms with E-state index in [1.165, 1.54) is 6.07 Å². The molecule has 0 unspecified atom stereocenters. The lowest BCUT2D eigenvalue weighted by Crippen LogP contribution is -2.41. The molecule has 2 aromatic rings. The van der Waals surface area contributed by atoms with E-state index in [4.69, 9.17) is 10.5 Å². The highest BCUT2D eigenvalue weighted by Crippen LogP contribution is 2.35. The highest BCUT2D eigenvalue weighted by atomic mass is 35.5. The first-order chi connectivity index (χ1) is 10.5. The Balaban J connectivity index is 0.00000192. The Hall–Kier alpha value is -2.05. The molecule has 1 amide bonds. The Morgan fingerprint density at radius 3 is 2.91 bits per heavy atom. The van der Waals surface area contributed by atoms with Gasteiger partial charge >= 0.3 is 0 Å². The molecule has 1 aromatic heterocycles. The van der Waals surface area contributed by atoms with Crippen LogP contribution < -0.4 is 21.3 Å². The van der Waals surface area contributed by atoms with Gasteiger partial charge in [-0.15, -0.1) is 12.4 Å². The lowest BCUT2D eigenvalue weighted by molar-refractivity contribution is -0.122. The van der Waals surface area contributed by atoms with Gasteiger partial charge in [0.15, 0.2) is 0 Å². The molecule has 0 fully saturated rings. The zero-order valence-electron chi connectivity index (χ0n) is 13.1. The molecule has 23 heavy (non-hydrogen) atoms. The first-order valence-electron chi connectivity index (χ1n) is 7.31. The normalized spacial score (nSPS) is 13.9. The molecule has 0 radical (unpaired) electrons. The second-order valence-electron chi connectivity index (χ2n) is 5.63. The number of carbonyl (C=O) groups excluding carboxylic acids is 1. The molecule has 1 aromatic carbocycles. The minimum atomic E-state index is -0.612. The Morgan fingerprint density at radius 2 is 2.22 bits per heavy atom. The number of pyridine rings is 1. The van der Waals surface area contributed by atoms with Crippen molar-refractivity contribution in [2.24, 2.45) is 5.73 Å². The number of halogens is 1. The van der Waals surface area contributed by atoms with Crippen molar-refractivity contribution in [3.63, 3.8) is 0 Å². The summed E-state index contributed by atoms with van der Waals surface area (Å²) in [5, 5.41) is 3.59. The summed E-state index contributed by atoms with van der Waals surface area (Å²) in [4.78, 5) is 23.9. The van der Waals surface area contributed by atoms with Crippen LogP contribution in [0.4, 0.5) is 0 Å². The summed E-state index contributed by atoms with van der Waals surface area (Å²) >= 11 is 0. The largest absolute Gasteiger partial charge is 0.492 e. The SMILES string of the molecule is Cc1cc2c(c3ccc(=O)n(CNC(=O)[C@@H](C)N)c13)OCC2.Cl. The molecule has 3 N–H and O–H groups in total. The number of aryl methyl sites for hydroxylation is 1. The average molecular weight is 338 g/mol. The van der Waals surface area contributed by atoms with Crippen LogP contribution >= 0.6 is 12.4 Å². The van der Waals surface area contributed by atoms with E-state index in [0.717, 1.165) is 34.2 Å². The van der Waals surface area contributed by atoms with Crippen molar-refractivity contribution in [3.8, 4) is 5.75 Å². The number of fused-ring (bicyclic) bond motifs is 3. The Labute approximate surface area is 140 Å². The van der Waals surface area contributed by atoms with Gasteiger partial charge < -0.3 is 15.8 Å². The van der Waals surface area contributed by atoms with Crippen molar-refractivity contribution < 1.29 is 9.53 Å². The van der Waals surface area contributed by atoms with Gasteiger partial charge in [-0.2, -0.15) is 0 Å². The van der Waals surface area contributed by atoms with Crippen molar-refractivity contribution in [1.82, 2.24) is 9.88 Å². The smallest absolute Gasteiger partial charge is 0.252 e. The third-order valence-electron chi connectivity index (χ3n) is 3.93. The molecular weight excluding hydrogens is 318 g/mol. The quantitative estimate of drug-likeness (QED) is 0.877. The van der Waals surface area contributed by atoms with Crippen LogP contribution in [0.3, 0.4) is 0 Å². The van der Waals surface area contributed by atoms with E-state index in [1.54, 1.807) is 17.6 Å². The molecule has 1 atom stereocenters. The number of aromatic nitrogens is 1. The maximum absolute atomic E-state index is 12.2. The van der Waals surface area contributed by atoms with Crippen LogP contribution in [-0.4, -0.2) is 23.1 Å². The fourth-order valence-corrected chi connectivity index (χ4v) is 2.85. The molecule has 0 saturated carbocycles. The van der Waals surface area contributed by atoms with E-state index in [0.29, 0.717) is 6.61 Å². The van der Waals surface area contributed by atoms with E-state index >= 15 is 0 Å². The van der Waals surface area contributed by atoms with E-state index in [9.17, 15) is 9.59 Å². The Bertz CT molecular complexity index is 814. The van der Waals surface area contributed by atoms with Gasteiger partial charge in [-0.1, -0.05) is 6.07 Å². The van der Waals surface area contributed by atoms with Crippen LogP contribution in [0, 0.1) is 6.92 Å². The van der Waals surface area contributed by atoms with Crippen LogP contribution in [0.15, 0.2) is 23.0 Å². The monoisotopic (exact) mass is 337 g/mol. The number of hydrogen-bond donors (Lipinski definition) is 2. The number of nitrogens with zero attached hydrogens (tertiary/aromatic N) is 1. The van der Waals surface area contributed by atoms with Crippen molar-refractivity contribution in [2.45, 2.75) is 33.0 Å². The lowest BCUT2D eigenvalue weighted by atomic mass is 10.0. The fourth-order valence-electron chi connectivity index (χ4n) is 2.85. The third-order valence-corrected chi connectivity index (χ3v) is 3.93. The van der Waals surface area contributed by atoms with E-state index in [2.05, 4.69) is 5.32 Å². The Kier molecular flexibility index (Phi) is 4.97. The molecular formula is C16H20ClN3O3. The minimum Gasteiger partial charge on any atom is -0.492 e. The summed E-state index contributed by atoms with van der Waals surface area (Å²) in [6.07, 6.45) is 0.882. The number of nitrogens with two attached hydrogens (primary N) is 1. The van der Waals surface area contributed by atoms with Crippen LogP contribution in [0.2, 0.25) is 0 Å². The van der Waals surface area contributed by atoms with E-state index in [1.807, 2.05) is 13.0 Å². The van der Waals surface area contributed by atoms with E-state index in [-0.39, 0.29) is 30.5 Å². The van der Waals surface area contributed by atoms with Gasteiger partial charge in [-0.25, -0.2) is 0 Å². The summed E-state index contributed by atoms with van der Waals surface area (Å²) < 4.78 is 7.25. The second kappa shape index (κ2) is 6.60. The van der Waals surface area contributed by atoms with Crippen molar-refractivity contribution >= 4 is 29.2 Å². The van der Waals surface area contributed by atoms with Crippen molar-refractivity contribution in [1.29, 1.82) is 0 Å². The number of benzene rings is 1. The average Bonchev–Trinajstić information content (AvgIpc) is 2.93. The second-order valence-corrected chi connectivity index (χ2v) is 5.63. The predicted molar refractivity (Wildman–Crippen MR) is 91.2 cm³/mol. The number of nitrogens with one attached hydrogen (secondary N) is 1. The van der Waals surface area contributed by atoms with Gasteiger partial charge in [-0.3, -0.25) is 14.2 Å². The molecule has 1 aliphatic heterocycles. The fraction of sp³-hybridized carbons (Fsp3) is 0.375. The number of carbonyl (C=O) groups is 1. The van der Waals surface area contributed by atoms with E-state index < -0.39 is 6.04 Å². The van der Waals surface area contributed by atoms with Crippen LogP contribution in [-0.2, 0) is 17.9 Å². The maximum atomic E-state index is 12.2. The summed E-state index contributed by atoms with van der Waals surface area (Å²) in [5.74, 6) is 0.548. The summed E-state index contributed by atoms with van der Waals surface area (Å²) in [5.41, 5.74) is 8.31. The molecule has 1 aliphatic rings. The van der Waals surface area contributed by atoms with Gasteiger partial charge in [0, 0.05) is 17.9 Å². The zero-order valence-corrected chi connectivity index (χ0v) is 13.9. The van der Waals surface area contributed by atoms with Crippen molar-refractivity contribution in [3.05, 3.63) is 39.7 Å². The number of rotatable bonds is 3. The Morgan fingerprint density at radius 1 is 1.48 bits per heavy atom. The molecule has 0 aliphatic carbocycles. The standard InChI is InChI=1S/C16H19N3O3.ClH/c1-9-7-11-5-6-22-15(11)12-3-4-13(20)19(14(9)12)8-18-16(21)10(2)17;/h3-4,7,10H,5-6,8,17H2,1-2H3,(H,18,21);1H/t10-;/m1./s1. The number of hydrogen-bond acceptors (Lipinski definition) is 4. The van der Waals surface area contributed by atoms with Gasteiger partial charge in [0.25, 0.3) is 5.56 Å². The number of amides is 1. The topological polar surface area (TPSA) is 86.4 Å². The van der Waals surface area contributed by atoms with Crippen LogP contribution in [0.25, 0.3) is 10.9 Å². The first kappa shape index (κ1) is 17.3. The minimum absolute atomic E-state index is 0. The highest BCUT2D eigenvalue weighted by molar-refractivity contribution is 5.90.